The van der Waals surface area contributed by atoms with Crippen molar-refractivity contribution in [3.63, 3.8) is 0 Å². The van der Waals surface area contributed by atoms with Crippen LogP contribution in [0.1, 0.15) is 24.8 Å². The molecule has 0 bridgehead atoms. The SMILES string of the molecule is CC(CC(=O)NC1COC1)c1ccc(N)cc1. The van der Waals surface area contributed by atoms with Crippen LogP contribution in [0.25, 0.3) is 0 Å². The normalized spacial score (nSPS) is 17.2. The van der Waals surface area contributed by atoms with Gasteiger partial charge < -0.3 is 15.8 Å². The second-order valence-corrected chi connectivity index (χ2v) is 4.57. The van der Waals surface area contributed by atoms with E-state index in [0.717, 1.165) is 11.3 Å². The van der Waals surface area contributed by atoms with Gasteiger partial charge in [0.15, 0.2) is 0 Å². The number of nitrogens with one attached hydrogen (secondary N) is 1. The quantitative estimate of drug-likeness (QED) is 0.771. The lowest BCUT2D eigenvalue weighted by molar-refractivity contribution is -0.125. The summed E-state index contributed by atoms with van der Waals surface area (Å²) in [6.07, 6.45) is 0.500. The van der Waals surface area contributed by atoms with Gasteiger partial charge in [0, 0.05) is 12.1 Å². The lowest BCUT2D eigenvalue weighted by Crippen LogP contribution is -2.48. The maximum atomic E-state index is 11.7. The molecule has 1 amide bonds. The van der Waals surface area contributed by atoms with Crippen LogP contribution in [-0.4, -0.2) is 25.2 Å². The summed E-state index contributed by atoms with van der Waals surface area (Å²) >= 11 is 0. The number of hydrogen-bond acceptors (Lipinski definition) is 3. The fourth-order valence-corrected chi connectivity index (χ4v) is 1.83. The fourth-order valence-electron chi connectivity index (χ4n) is 1.83. The predicted molar refractivity (Wildman–Crippen MR) is 66.6 cm³/mol. The van der Waals surface area contributed by atoms with Gasteiger partial charge in [0.2, 0.25) is 5.91 Å². The summed E-state index contributed by atoms with van der Waals surface area (Å²) in [5.74, 6) is 0.291. The third-order valence-corrected chi connectivity index (χ3v) is 3.00. The highest BCUT2D eigenvalue weighted by Gasteiger charge is 2.21. The van der Waals surface area contributed by atoms with Gasteiger partial charge in [0.25, 0.3) is 0 Å². The van der Waals surface area contributed by atoms with E-state index in [9.17, 15) is 4.79 Å². The summed E-state index contributed by atoms with van der Waals surface area (Å²) < 4.78 is 5.01. The topological polar surface area (TPSA) is 64.3 Å². The molecule has 1 aromatic rings. The van der Waals surface area contributed by atoms with E-state index in [1.807, 2.05) is 31.2 Å². The molecule has 17 heavy (non-hydrogen) atoms. The van der Waals surface area contributed by atoms with Gasteiger partial charge in [-0.05, 0) is 23.6 Å². The van der Waals surface area contributed by atoms with Crippen molar-refractivity contribution in [2.24, 2.45) is 0 Å². The molecule has 3 N–H and O–H groups in total. The number of hydrogen-bond donors (Lipinski definition) is 2. The van der Waals surface area contributed by atoms with Gasteiger partial charge in [0.05, 0.1) is 19.3 Å². The molecule has 0 radical (unpaired) electrons. The van der Waals surface area contributed by atoms with Crippen molar-refractivity contribution in [1.29, 1.82) is 0 Å². The van der Waals surface area contributed by atoms with Crippen LogP contribution in [0.4, 0.5) is 5.69 Å². The van der Waals surface area contributed by atoms with E-state index in [-0.39, 0.29) is 17.9 Å². The Labute approximate surface area is 101 Å². The van der Waals surface area contributed by atoms with E-state index >= 15 is 0 Å². The molecule has 1 aliphatic rings. The summed E-state index contributed by atoms with van der Waals surface area (Å²) in [6.45, 7) is 3.33. The zero-order valence-electron chi connectivity index (χ0n) is 9.98. The minimum absolute atomic E-state index is 0.0858. The maximum absolute atomic E-state index is 11.7. The Morgan fingerprint density at radius 1 is 1.47 bits per heavy atom. The number of benzene rings is 1. The lowest BCUT2D eigenvalue weighted by Gasteiger charge is -2.27. The van der Waals surface area contributed by atoms with Crippen molar-refractivity contribution in [2.75, 3.05) is 18.9 Å². The number of anilines is 1. The van der Waals surface area contributed by atoms with Crippen molar-refractivity contribution < 1.29 is 9.53 Å². The Morgan fingerprint density at radius 3 is 2.65 bits per heavy atom. The number of ether oxygens (including phenoxy) is 1. The fraction of sp³-hybridized carbons (Fsp3) is 0.462. The Morgan fingerprint density at radius 2 is 2.12 bits per heavy atom. The minimum atomic E-state index is 0.0858. The van der Waals surface area contributed by atoms with Crippen LogP contribution in [0.5, 0.6) is 0 Å². The standard InChI is InChI=1S/C13H18N2O2/c1-9(10-2-4-11(14)5-3-10)6-13(16)15-12-7-17-8-12/h2-5,9,12H,6-8,14H2,1H3,(H,15,16). The van der Waals surface area contributed by atoms with Crippen molar-refractivity contribution in [3.05, 3.63) is 29.8 Å². The second-order valence-electron chi connectivity index (χ2n) is 4.57. The second kappa shape index (κ2) is 5.19. The third-order valence-electron chi connectivity index (χ3n) is 3.00. The maximum Gasteiger partial charge on any atom is 0.220 e. The van der Waals surface area contributed by atoms with Gasteiger partial charge in [-0.1, -0.05) is 19.1 Å². The molecule has 1 atom stereocenters. The molecule has 1 aromatic carbocycles. The number of amides is 1. The molecule has 92 valence electrons. The largest absolute Gasteiger partial charge is 0.399 e. The van der Waals surface area contributed by atoms with Crippen LogP contribution < -0.4 is 11.1 Å². The Hall–Kier alpha value is -1.55. The smallest absolute Gasteiger partial charge is 0.220 e. The zero-order valence-corrected chi connectivity index (χ0v) is 9.98. The van der Waals surface area contributed by atoms with Crippen molar-refractivity contribution in [2.45, 2.75) is 25.3 Å². The Balaban J connectivity index is 1.84. The minimum Gasteiger partial charge on any atom is -0.399 e. The number of nitrogens with two attached hydrogens (primary N) is 1. The highest BCUT2D eigenvalue weighted by atomic mass is 16.5. The molecule has 0 spiro atoms. The average Bonchev–Trinajstić information content (AvgIpc) is 2.24. The van der Waals surface area contributed by atoms with Crippen molar-refractivity contribution >= 4 is 11.6 Å². The third kappa shape index (κ3) is 3.20. The predicted octanol–water partition coefficient (Wildman–Crippen LogP) is 1.28. The van der Waals surface area contributed by atoms with Gasteiger partial charge in [0.1, 0.15) is 0 Å². The molecular formula is C13H18N2O2. The zero-order chi connectivity index (χ0) is 12.3. The van der Waals surface area contributed by atoms with E-state index in [1.165, 1.54) is 0 Å². The van der Waals surface area contributed by atoms with E-state index in [1.54, 1.807) is 0 Å². The number of carbonyl (C=O) groups excluding carboxylic acids is 1. The van der Waals surface area contributed by atoms with Gasteiger partial charge in [-0.25, -0.2) is 0 Å². The van der Waals surface area contributed by atoms with Crippen LogP contribution >= 0.6 is 0 Å². The molecule has 4 heteroatoms. The van der Waals surface area contributed by atoms with Crippen LogP contribution in [0, 0.1) is 0 Å². The van der Waals surface area contributed by atoms with Crippen LogP contribution in [0.15, 0.2) is 24.3 Å². The van der Waals surface area contributed by atoms with Gasteiger partial charge >= 0.3 is 0 Å². The molecule has 0 aliphatic carbocycles. The summed E-state index contributed by atoms with van der Waals surface area (Å²) in [4.78, 5) is 11.7. The van der Waals surface area contributed by atoms with Gasteiger partial charge in [-0.2, -0.15) is 0 Å². The first-order valence-electron chi connectivity index (χ1n) is 5.87. The van der Waals surface area contributed by atoms with Gasteiger partial charge in [-0.3, -0.25) is 4.79 Å². The Bertz CT molecular complexity index is 385. The summed E-state index contributed by atoms with van der Waals surface area (Å²) in [7, 11) is 0. The van der Waals surface area contributed by atoms with Crippen molar-refractivity contribution in [3.8, 4) is 0 Å². The Kier molecular flexibility index (Phi) is 3.64. The molecule has 1 unspecified atom stereocenters. The molecule has 1 fully saturated rings. The van der Waals surface area contributed by atoms with E-state index in [0.29, 0.717) is 19.6 Å². The molecule has 0 aromatic heterocycles. The first-order valence-corrected chi connectivity index (χ1v) is 5.87. The summed E-state index contributed by atoms with van der Waals surface area (Å²) in [5.41, 5.74) is 7.51. The molecule has 2 rings (SSSR count). The number of nitrogen functional groups attached to an aromatic ring is 1. The highest BCUT2D eigenvalue weighted by molar-refractivity contribution is 5.77. The van der Waals surface area contributed by atoms with E-state index in [4.69, 9.17) is 10.5 Å². The molecular weight excluding hydrogens is 216 g/mol. The molecule has 4 nitrogen and oxygen atoms in total. The number of carbonyl (C=O) groups is 1. The van der Waals surface area contributed by atoms with Crippen LogP contribution in [0.2, 0.25) is 0 Å². The van der Waals surface area contributed by atoms with Gasteiger partial charge in [-0.15, -0.1) is 0 Å². The first-order chi connectivity index (χ1) is 8.15. The number of rotatable bonds is 4. The van der Waals surface area contributed by atoms with Crippen molar-refractivity contribution in [1.82, 2.24) is 5.32 Å². The molecule has 1 heterocycles. The lowest BCUT2D eigenvalue weighted by atomic mass is 9.97. The molecule has 1 saturated heterocycles. The van der Waals surface area contributed by atoms with Crippen LogP contribution in [0.3, 0.4) is 0 Å². The van der Waals surface area contributed by atoms with Crippen LogP contribution in [-0.2, 0) is 9.53 Å². The molecule has 0 saturated carbocycles. The highest BCUT2D eigenvalue weighted by Crippen LogP contribution is 2.20. The first kappa shape index (κ1) is 11.9. The summed E-state index contributed by atoms with van der Waals surface area (Å²) in [5, 5.41) is 2.94. The summed E-state index contributed by atoms with van der Waals surface area (Å²) in [6, 6.07) is 7.88. The van der Waals surface area contributed by atoms with E-state index in [2.05, 4.69) is 5.32 Å². The monoisotopic (exact) mass is 234 g/mol. The van der Waals surface area contributed by atoms with E-state index < -0.39 is 0 Å². The average molecular weight is 234 g/mol. The molecule has 1 aliphatic heterocycles.